The van der Waals surface area contributed by atoms with Crippen LogP contribution in [0.2, 0.25) is 0 Å². The lowest BCUT2D eigenvalue weighted by Gasteiger charge is -2.22. The Hall–Kier alpha value is -4.14. The van der Waals surface area contributed by atoms with Gasteiger partial charge in [0.25, 0.3) is 0 Å². The first-order valence-corrected chi connectivity index (χ1v) is 12.8. The van der Waals surface area contributed by atoms with Crippen molar-refractivity contribution in [3.63, 3.8) is 0 Å². The summed E-state index contributed by atoms with van der Waals surface area (Å²) in [5, 5.41) is 15.0. The second-order valence-corrected chi connectivity index (χ2v) is 9.30. The highest BCUT2D eigenvalue weighted by atomic mass is 16.5. The van der Waals surface area contributed by atoms with Crippen LogP contribution < -0.4 is 15.4 Å². The first-order chi connectivity index (χ1) is 18.3. The van der Waals surface area contributed by atoms with Gasteiger partial charge in [0, 0.05) is 50.7 Å². The third-order valence-electron chi connectivity index (χ3n) is 6.41. The average molecular weight is 522 g/mol. The molecule has 1 unspecified atom stereocenters. The molecule has 2 bridgehead atoms. The summed E-state index contributed by atoms with van der Waals surface area (Å²) < 4.78 is 7.07. The van der Waals surface area contributed by atoms with Gasteiger partial charge in [0.1, 0.15) is 17.6 Å². The number of methoxy groups -OCH3 is 1. The van der Waals surface area contributed by atoms with Crippen molar-refractivity contribution >= 4 is 23.6 Å². The zero-order chi connectivity index (χ0) is 27.3. The molecule has 1 aromatic heterocycles. The predicted molar refractivity (Wildman–Crippen MR) is 142 cm³/mol. The normalized spacial score (nSPS) is 16.6. The molecule has 0 spiro atoms. The molecule has 0 aliphatic carbocycles. The van der Waals surface area contributed by atoms with Crippen molar-refractivity contribution in [2.24, 2.45) is 5.92 Å². The maximum absolute atomic E-state index is 13.3. The average Bonchev–Trinajstić information content (AvgIpc) is 3.01. The Labute approximate surface area is 222 Å². The van der Waals surface area contributed by atoms with Gasteiger partial charge >= 0.3 is 5.97 Å². The van der Waals surface area contributed by atoms with Crippen molar-refractivity contribution in [3.05, 3.63) is 78.1 Å². The number of ether oxygens (including phenoxy) is 1. The van der Waals surface area contributed by atoms with Gasteiger partial charge in [-0.05, 0) is 42.2 Å². The van der Waals surface area contributed by atoms with E-state index < -0.39 is 29.7 Å². The molecule has 9 heteroatoms. The van der Waals surface area contributed by atoms with Crippen LogP contribution in [-0.2, 0) is 38.6 Å². The van der Waals surface area contributed by atoms with E-state index in [-0.39, 0.29) is 31.6 Å². The molecule has 9 nitrogen and oxygen atoms in total. The number of rotatable bonds is 8. The van der Waals surface area contributed by atoms with Crippen LogP contribution in [0.3, 0.4) is 0 Å². The zero-order valence-electron chi connectivity index (χ0n) is 21.6. The van der Waals surface area contributed by atoms with Gasteiger partial charge in [-0.2, -0.15) is 0 Å². The fourth-order valence-electron chi connectivity index (χ4n) is 4.26. The number of carboxylic acids is 1. The molecule has 3 rings (SSSR count). The summed E-state index contributed by atoms with van der Waals surface area (Å²) in [7, 11) is 1.58. The minimum atomic E-state index is -1.09. The van der Waals surface area contributed by atoms with Gasteiger partial charge in [-0.3, -0.25) is 19.2 Å². The Balaban J connectivity index is 1.82. The summed E-state index contributed by atoms with van der Waals surface area (Å²) >= 11 is 0. The van der Waals surface area contributed by atoms with Crippen LogP contribution in [0.15, 0.2) is 67.0 Å². The third kappa shape index (κ3) is 9.38. The van der Waals surface area contributed by atoms with Crippen LogP contribution in [0, 0.1) is 5.92 Å². The smallest absolute Gasteiger partial charge is 0.304 e. The summed E-state index contributed by atoms with van der Waals surface area (Å²) in [6, 6.07) is 15.7. The molecule has 2 aromatic rings. The van der Waals surface area contributed by atoms with E-state index in [0.29, 0.717) is 31.6 Å². The fraction of sp³-hybridized carbons (Fsp3) is 0.379. The first-order valence-electron chi connectivity index (χ1n) is 12.8. The number of carbonyl (C=O) groups excluding carboxylic acids is 3. The predicted octanol–water partition coefficient (Wildman–Crippen LogP) is 2.85. The number of nitrogens with zero attached hydrogens (tertiary/aromatic N) is 1. The summed E-state index contributed by atoms with van der Waals surface area (Å²) in [5.41, 5.74) is 1.73. The van der Waals surface area contributed by atoms with Gasteiger partial charge in [-0.15, -0.1) is 0 Å². The SMILES string of the molecule is COc1ccc(CC[C@H](CC(=O)O)C(=O)NC2Cc3ccccccn(c3)CCC(=O)CCNC2=O)cc1. The van der Waals surface area contributed by atoms with Crippen LogP contribution in [0.25, 0.3) is 0 Å². The summed E-state index contributed by atoms with van der Waals surface area (Å²) in [6.45, 7) is 0.671. The van der Waals surface area contributed by atoms with E-state index in [1.165, 1.54) is 0 Å². The van der Waals surface area contributed by atoms with Gasteiger partial charge in [-0.1, -0.05) is 36.4 Å². The maximum Gasteiger partial charge on any atom is 0.304 e. The van der Waals surface area contributed by atoms with E-state index in [1.807, 2.05) is 71.6 Å². The number of aryl methyl sites for hydroxylation is 2. The minimum absolute atomic E-state index is 0.0285. The highest BCUT2D eigenvalue weighted by molar-refractivity contribution is 5.90. The quantitative estimate of drug-likeness (QED) is 0.490. The van der Waals surface area contributed by atoms with Crippen LogP contribution >= 0.6 is 0 Å². The van der Waals surface area contributed by atoms with E-state index in [9.17, 15) is 24.3 Å². The van der Waals surface area contributed by atoms with Crippen molar-refractivity contribution in [2.75, 3.05) is 13.7 Å². The highest BCUT2D eigenvalue weighted by Crippen LogP contribution is 2.18. The number of nitrogens with one attached hydrogen (secondary N) is 2. The van der Waals surface area contributed by atoms with Gasteiger partial charge < -0.3 is 25.0 Å². The Bertz CT molecular complexity index is 1170. The van der Waals surface area contributed by atoms with Crippen LogP contribution in [0.5, 0.6) is 5.75 Å². The molecule has 2 atom stereocenters. The molecule has 0 radical (unpaired) electrons. The largest absolute Gasteiger partial charge is 0.497 e. The minimum Gasteiger partial charge on any atom is -0.497 e. The number of benzene rings is 1. The molecule has 0 fully saturated rings. The first kappa shape index (κ1) is 28.4. The standard InChI is InChI=1S/C29H35N3O6/c1-38-25-11-8-21(9-12-25)7-10-23(19-27(34)35)28(36)31-26-18-22-6-4-2-3-5-16-32(20-22)17-14-24(33)13-15-30-29(26)37/h2-6,8-9,11-12,16,20,23,26H,7,10,13-15,17-19H2,1H3,(H,30,37)(H,31,36)(H,34,35)/t23-,26?/m1/s1. The van der Waals surface area contributed by atoms with Gasteiger partial charge in [-0.25, -0.2) is 0 Å². The number of hydrogen-bond donors (Lipinski definition) is 3. The van der Waals surface area contributed by atoms with Crippen LogP contribution in [0.1, 0.15) is 36.8 Å². The monoisotopic (exact) mass is 521 g/mol. The number of aliphatic carboxylic acids is 1. The molecule has 1 aromatic carbocycles. The number of fused-ring (bicyclic) bond motifs is 2. The Morgan fingerprint density at radius 1 is 1.11 bits per heavy atom. The van der Waals surface area contributed by atoms with E-state index in [1.54, 1.807) is 7.11 Å². The van der Waals surface area contributed by atoms with Gasteiger partial charge in [0.05, 0.1) is 13.5 Å². The molecule has 38 heavy (non-hydrogen) atoms. The van der Waals surface area contributed by atoms with Crippen molar-refractivity contribution in [2.45, 2.75) is 51.1 Å². The second-order valence-electron chi connectivity index (χ2n) is 9.30. The van der Waals surface area contributed by atoms with Crippen molar-refractivity contribution in [3.8, 4) is 5.75 Å². The number of ketones is 1. The maximum atomic E-state index is 13.3. The van der Waals surface area contributed by atoms with Crippen LogP contribution in [0.4, 0.5) is 0 Å². The number of aromatic nitrogens is 1. The Kier molecular flexibility index (Phi) is 10.9. The number of amides is 2. The lowest BCUT2D eigenvalue weighted by atomic mass is 9.94. The molecule has 202 valence electrons. The molecular weight excluding hydrogens is 486 g/mol. The zero-order valence-corrected chi connectivity index (χ0v) is 21.6. The van der Waals surface area contributed by atoms with E-state index >= 15 is 0 Å². The molecule has 1 aliphatic heterocycles. The topological polar surface area (TPSA) is 127 Å². The number of hydrogen-bond acceptors (Lipinski definition) is 5. The summed E-state index contributed by atoms with van der Waals surface area (Å²) in [5.74, 6) is -2.07. The second kappa shape index (κ2) is 14.6. The molecule has 2 amide bonds. The molecule has 2 heterocycles. The summed E-state index contributed by atoms with van der Waals surface area (Å²) in [6.07, 6.45) is 4.93. The molecular formula is C29H35N3O6. The molecule has 3 N–H and O–H groups in total. The lowest BCUT2D eigenvalue weighted by molar-refractivity contribution is -0.141. The molecule has 0 saturated carbocycles. The number of carboxylic acid groups (broad SMARTS) is 1. The summed E-state index contributed by atoms with van der Waals surface area (Å²) in [4.78, 5) is 50.2. The Morgan fingerprint density at radius 2 is 1.87 bits per heavy atom. The number of Topliss-reactive ketones (excluding diaryl/α,β-unsaturated/α-hetero) is 1. The Morgan fingerprint density at radius 3 is 2.61 bits per heavy atom. The highest BCUT2D eigenvalue weighted by Gasteiger charge is 2.27. The fourth-order valence-corrected chi connectivity index (χ4v) is 4.26. The van der Waals surface area contributed by atoms with Crippen molar-refractivity contribution in [1.82, 2.24) is 15.2 Å². The van der Waals surface area contributed by atoms with Gasteiger partial charge in [0.2, 0.25) is 11.8 Å². The van der Waals surface area contributed by atoms with E-state index in [0.717, 1.165) is 11.1 Å². The van der Waals surface area contributed by atoms with E-state index in [4.69, 9.17) is 4.74 Å². The van der Waals surface area contributed by atoms with Crippen molar-refractivity contribution < 1.29 is 29.0 Å². The van der Waals surface area contributed by atoms with Crippen molar-refractivity contribution in [1.29, 1.82) is 0 Å². The van der Waals surface area contributed by atoms with Gasteiger partial charge in [0.15, 0.2) is 0 Å². The molecule has 1 aliphatic rings. The molecule has 0 saturated heterocycles. The third-order valence-corrected chi connectivity index (χ3v) is 6.41. The number of carbonyl (C=O) groups is 4. The lowest BCUT2D eigenvalue weighted by Crippen LogP contribution is -2.50. The van der Waals surface area contributed by atoms with E-state index in [2.05, 4.69) is 10.6 Å². The van der Waals surface area contributed by atoms with Crippen LogP contribution in [-0.4, -0.2) is 52.9 Å².